The number of ether oxygens (including phenoxy) is 4. The van der Waals surface area contributed by atoms with Gasteiger partial charge in [-0.15, -0.1) is 0 Å². The molecule has 0 spiro atoms. The topological polar surface area (TPSA) is 139 Å². The van der Waals surface area contributed by atoms with Crippen LogP contribution in [0.2, 0.25) is 0 Å². The number of hydroxylamine groups is 2. The smallest absolute Gasteiger partial charge is 0.327 e. The number of hydrogen-bond acceptors (Lipinski definition) is 10. The number of aliphatic hydroxyl groups excluding tert-OH is 1. The number of benzene rings is 1. The number of fused-ring (bicyclic) bond motifs is 5. The second kappa shape index (κ2) is 15.9. The van der Waals surface area contributed by atoms with Crippen LogP contribution in [0, 0.1) is 11.3 Å². The van der Waals surface area contributed by atoms with Crippen LogP contribution in [0.25, 0.3) is 6.08 Å². The van der Waals surface area contributed by atoms with E-state index in [0.29, 0.717) is 50.4 Å². The molecule has 7 fully saturated rings. The van der Waals surface area contributed by atoms with Crippen molar-refractivity contribution in [2.24, 2.45) is 11.3 Å². The van der Waals surface area contributed by atoms with Crippen molar-refractivity contribution in [1.82, 2.24) is 15.3 Å². The molecular weight excluding hydrogens is 690 g/mol. The average Bonchev–Trinajstić information content (AvgIpc) is 3.44. The van der Waals surface area contributed by atoms with Gasteiger partial charge in [0.1, 0.15) is 35.9 Å². The highest BCUT2D eigenvalue weighted by Crippen LogP contribution is 2.59. The van der Waals surface area contributed by atoms with Crippen molar-refractivity contribution >= 4 is 23.9 Å². The Bertz CT molecular complexity index is 1540. The van der Waals surface area contributed by atoms with Crippen molar-refractivity contribution in [3.63, 3.8) is 0 Å². The standard InChI is InChI=1S/C42H59N3O9/c1-3-5-7-19-41(20-8-6-4-2)52-34-33-25-42(40(49)44-22-9-10-30(44)38(47)43-21-23-46)36(39(48)51-33)45(54-37(42)35(34)53-41)26-29-15-12-27(13-16-29)11-14-28-17-18-31-32(24-28)50-31/h11-16,28,30-37,46H,3-10,17-26H2,1-2H3,(H,43,47)/t28?,30-,31?,32?,33?,34+,35+,36+,37-,42?/m1/s1. The first-order valence-corrected chi connectivity index (χ1v) is 20.9. The molecule has 2 saturated carbocycles. The van der Waals surface area contributed by atoms with Crippen LogP contribution in [0.3, 0.4) is 0 Å². The lowest BCUT2D eigenvalue weighted by Crippen LogP contribution is -2.70. The van der Waals surface area contributed by atoms with Gasteiger partial charge in [0.05, 0.1) is 25.4 Å². The van der Waals surface area contributed by atoms with E-state index in [9.17, 15) is 14.7 Å². The van der Waals surface area contributed by atoms with Gasteiger partial charge in [0, 0.05) is 32.4 Å². The number of rotatable bonds is 16. The van der Waals surface area contributed by atoms with Crippen molar-refractivity contribution in [2.75, 3.05) is 19.7 Å². The molecule has 0 radical (unpaired) electrons. The van der Waals surface area contributed by atoms with Crippen LogP contribution in [0.4, 0.5) is 0 Å². The summed E-state index contributed by atoms with van der Waals surface area (Å²) in [4.78, 5) is 51.4. The first-order valence-electron chi connectivity index (χ1n) is 20.9. The Balaban J connectivity index is 1.08. The lowest BCUT2D eigenvalue weighted by Gasteiger charge is -2.50. The minimum Gasteiger partial charge on any atom is -0.458 e. The van der Waals surface area contributed by atoms with Gasteiger partial charge in [-0.05, 0) is 62.0 Å². The number of esters is 1. The molecule has 1 aromatic rings. The summed E-state index contributed by atoms with van der Waals surface area (Å²) in [6.45, 7) is 4.92. The molecule has 0 aromatic heterocycles. The number of carbonyl (C=O) groups is 3. The molecule has 5 unspecified atom stereocenters. The molecule has 2 N–H and O–H groups in total. The molecule has 7 aliphatic rings. The largest absolute Gasteiger partial charge is 0.458 e. The Morgan fingerprint density at radius 2 is 1.72 bits per heavy atom. The Labute approximate surface area is 319 Å². The number of epoxide rings is 1. The van der Waals surface area contributed by atoms with Gasteiger partial charge >= 0.3 is 5.97 Å². The molecule has 12 nitrogen and oxygen atoms in total. The van der Waals surface area contributed by atoms with Crippen LogP contribution in [-0.2, 0) is 44.7 Å². The first-order chi connectivity index (χ1) is 26.3. The Morgan fingerprint density at radius 1 is 0.963 bits per heavy atom. The SMILES string of the molecule is CCCCCC1(CCCCC)O[C@@H]2[C@H]3ON(Cc4ccc(C=CC5CCC6OC6C5)cc4)[C@H]4C(=O)OC(CC34C(=O)N3CCC[C@@H]3C(=O)NCCO)[C@@H]2O1. The first kappa shape index (κ1) is 38.0. The van der Waals surface area contributed by atoms with Gasteiger partial charge in [-0.3, -0.25) is 19.2 Å². The summed E-state index contributed by atoms with van der Waals surface area (Å²) in [5.74, 6) is -1.40. The van der Waals surface area contributed by atoms with E-state index in [1.165, 1.54) is 0 Å². The maximum atomic E-state index is 15.2. The number of unbranched alkanes of at least 4 members (excludes halogenated alkanes) is 4. The molecule has 10 atom stereocenters. The molecule has 1 aromatic carbocycles. The quantitative estimate of drug-likeness (QED) is 0.138. The summed E-state index contributed by atoms with van der Waals surface area (Å²) in [6, 6.07) is 6.53. The van der Waals surface area contributed by atoms with Crippen LogP contribution in [0.1, 0.15) is 115 Å². The average molecular weight is 750 g/mol. The van der Waals surface area contributed by atoms with E-state index >= 15 is 4.79 Å². The zero-order valence-corrected chi connectivity index (χ0v) is 32.0. The Kier molecular flexibility index (Phi) is 11.2. The van der Waals surface area contributed by atoms with E-state index in [-0.39, 0.29) is 37.9 Å². The van der Waals surface area contributed by atoms with Crippen LogP contribution in [0.5, 0.6) is 0 Å². The Hall–Kier alpha value is -2.87. The molecule has 2 bridgehead atoms. The van der Waals surface area contributed by atoms with Crippen molar-refractivity contribution < 1.29 is 43.3 Å². The Morgan fingerprint density at radius 3 is 2.44 bits per heavy atom. The highest BCUT2D eigenvalue weighted by Gasteiger charge is 2.77. The van der Waals surface area contributed by atoms with Gasteiger partial charge in [0.15, 0.2) is 11.8 Å². The van der Waals surface area contributed by atoms with Crippen molar-refractivity contribution in [3.05, 3.63) is 41.5 Å². The number of aliphatic hydroxyl groups is 1. The maximum absolute atomic E-state index is 15.2. The summed E-state index contributed by atoms with van der Waals surface area (Å²) >= 11 is 0. The van der Waals surface area contributed by atoms with E-state index in [1.807, 2.05) is 12.1 Å². The molecular formula is C42H59N3O9. The van der Waals surface area contributed by atoms with Crippen molar-refractivity contribution in [2.45, 2.75) is 165 Å². The third kappa shape index (κ3) is 7.15. The monoisotopic (exact) mass is 749 g/mol. The van der Waals surface area contributed by atoms with Crippen molar-refractivity contribution in [1.29, 1.82) is 0 Å². The molecule has 296 valence electrons. The summed E-state index contributed by atoms with van der Waals surface area (Å²) in [5, 5.41) is 13.8. The predicted molar refractivity (Wildman–Crippen MR) is 198 cm³/mol. The molecule has 8 rings (SSSR count). The number of carbonyl (C=O) groups excluding carboxylic acids is 3. The van der Waals surface area contributed by atoms with E-state index in [2.05, 4.69) is 43.4 Å². The molecule has 5 aliphatic heterocycles. The van der Waals surface area contributed by atoms with Crippen LogP contribution >= 0.6 is 0 Å². The number of nitrogens with one attached hydrogen (secondary N) is 1. The minimum absolute atomic E-state index is 0.108. The predicted octanol–water partition coefficient (Wildman–Crippen LogP) is 4.81. The molecule has 5 heterocycles. The van der Waals surface area contributed by atoms with Gasteiger partial charge in [-0.2, -0.15) is 5.06 Å². The third-order valence-electron chi connectivity index (χ3n) is 13.1. The second-order valence-electron chi connectivity index (χ2n) is 16.8. The number of nitrogens with zero attached hydrogens (tertiary/aromatic N) is 2. The van der Waals surface area contributed by atoms with E-state index < -0.39 is 53.7 Å². The summed E-state index contributed by atoms with van der Waals surface area (Å²) in [7, 11) is 0. The molecule has 5 saturated heterocycles. The summed E-state index contributed by atoms with van der Waals surface area (Å²) in [6.07, 6.45) is 15.0. The maximum Gasteiger partial charge on any atom is 0.327 e. The lowest BCUT2D eigenvalue weighted by molar-refractivity contribution is -0.225. The number of allylic oxidation sites excluding steroid dienone is 1. The van der Waals surface area contributed by atoms with Crippen LogP contribution in [-0.4, -0.2) is 107 Å². The third-order valence-corrected chi connectivity index (χ3v) is 13.1. The molecule has 2 aliphatic carbocycles. The molecule has 54 heavy (non-hydrogen) atoms. The fraction of sp³-hybridized carbons (Fsp3) is 0.738. The number of amides is 2. The number of hydrogen-bond donors (Lipinski definition) is 2. The highest BCUT2D eigenvalue weighted by atomic mass is 16.8. The fourth-order valence-electron chi connectivity index (χ4n) is 10.3. The summed E-state index contributed by atoms with van der Waals surface area (Å²) in [5.41, 5.74) is 0.702. The normalized spacial score (nSPS) is 36.2. The van der Waals surface area contributed by atoms with Gasteiger partial charge in [-0.1, -0.05) is 75.9 Å². The fourth-order valence-corrected chi connectivity index (χ4v) is 10.3. The second-order valence-corrected chi connectivity index (χ2v) is 16.8. The lowest BCUT2D eigenvalue weighted by atomic mass is 9.62. The highest BCUT2D eigenvalue weighted by molar-refractivity contribution is 5.96. The van der Waals surface area contributed by atoms with Gasteiger partial charge < -0.3 is 34.3 Å². The number of likely N-dealkylation sites (tertiary alicyclic amines) is 1. The molecule has 12 heteroatoms. The minimum atomic E-state index is -1.33. The zero-order valence-electron chi connectivity index (χ0n) is 32.0. The van der Waals surface area contributed by atoms with E-state index in [1.54, 1.807) is 9.96 Å². The van der Waals surface area contributed by atoms with E-state index in [4.69, 9.17) is 23.8 Å². The van der Waals surface area contributed by atoms with Crippen LogP contribution in [0.15, 0.2) is 30.3 Å². The summed E-state index contributed by atoms with van der Waals surface area (Å²) < 4.78 is 25.9. The van der Waals surface area contributed by atoms with E-state index in [0.717, 1.165) is 68.9 Å². The zero-order chi connectivity index (χ0) is 37.5. The van der Waals surface area contributed by atoms with Crippen molar-refractivity contribution in [3.8, 4) is 0 Å². The van der Waals surface area contributed by atoms with Gasteiger partial charge in [0.2, 0.25) is 11.8 Å². The van der Waals surface area contributed by atoms with Gasteiger partial charge in [0.25, 0.3) is 0 Å². The molecule has 2 amide bonds. The van der Waals surface area contributed by atoms with Gasteiger partial charge in [-0.25, -0.2) is 0 Å². The van der Waals surface area contributed by atoms with Crippen LogP contribution < -0.4 is 5.32 Å².